The van der Waals surface area contributed by atoms with Crippen LogP contribution in [0.5, 0.6) is 17.2 Å². The van der Waals surface area contributed by atoms with E-state index in [0.29, 0.717) is 5.75 Å². The normalized spacial score (nSPS) is 10.5. The molecule has 0 heterocycles. The molecule has 28 heavy (non-hydrogen) atoms. The van der Waals surface area contributed by atoms with Crippen LogP contribution in [-0.4, -0.2) is 37.7 Å². The van der Waals surface area contributed by atoms with Gasteiger partial charge in [0.2, 0.25) is 0 Å². The maximum atomic E-state index is 12.5. The Balaban J connectivity index is 2.09. The molecule has 0 aromatic heterocycles. The molecule has 1 amide bonds. The summed E-state index contributed by atoms with van der Waals surface area (Å²) in [5.74, 6) is -0.924. The minimum atomic E-state index is -3.20. The van der Waals surface area contributed by atoms with Crippen LogP contribution in [0.3, 0.4) is 0 Å². The molecule has 0 unspecified atom stereocenters. The number of nitro benzene ring substituents is 1. The van der Waals surface area contributed by atoms with Gasteiger partial charge in [-0.15, -0.1) is 0 Å². The lowest BCUT2D eigenvalue weighted by atomic mass is 10.1. The van der Waals surface area contributed by atoms with Gasteiger partial charge >= 0.3 is 6.61 Å². The zero-order valence-corrected chi connectivity index (χ0v) is 15.1. The molecule has 0 bridgehead atoms. The number of alkyl halides is 2. The first-order chi connectivity index (χ1) is 13.3. The molecule has 0 spiro atoms. The van der Waals surface area contributed by atoms with Crippen molar-refractivity contribution in [1.29, 1.82) is 0 Å². The number of methoxy groups -OCH3 is 1. The van der Waals surface area contributed by atoms with Crippen LogP contribution in [0.4, 0.5) is 14.5 Å². The third kappa shape index (κ3) is 5.53. The molecule has 0 aliphatic carbocycles. The van der Waals surface area contributed by atoms with Crippen LogP contribution >= 0.6 is 0 Å². The summed E-state index contributed by atoms with van der Waals surface area (Å²) in [5, 5.41) is 13.7. The Morgan fingerprint density at radius 2 is 2.00 bits per heavy atom. The highest BCUT2D eigenvalue weighted by Crippen LogP contribution is 2.35. The number of ether oxygens (including phenoxy) is 3. The van der Waals surface area contributed by atoms with Crippen molar-refractivity contribution in [3.63, 3.8) is 0 Å². The Hall–Kier alpha value is -3.43. The maximum Gasteiger partial charge on any atom is 0.387 e. The van der Waals surface area contributed by atoms with E-state index in [1.165, 1.54) is 0 Å². The summed E-state index contributed by atoms with van der Waals surface area (Å²) >= 11 is 0. The number of nitrogens with one attached hydrogen (secondary N) is 1. The summed E-state index contributed by atoms with van der Waals surface area (Å²) in [7, 11) is 1.16. The van der Waals surface area contributed by atoms with Crippen molar-refractivity contribution < 1.29 is 32.7 Å². The fraction of sp³-hybridized carbons (Fsp3) is 0.278. The van der Waals surface area contributed by atoms with Crippen molar-refractivity contribution in [3.8, 4) is 17.2 Å². The van der Waals surface area contributed by atoms with Gasteiger partial charge in [0, 0.05) is 6.07 Å². The van der Waals surface area contributed by atoms with Gasteiger partial charge in [-0.25, -0.2) is 0 Å². The van der Waals surface area contributed by atoms with Gasteiger partial charge in [0.05, 0.1) is 24.6 Å². The van der Waals surface area contributed by atoms with Gasteiger partial charge < -0.3 is 19.5 Å². The number of halogens is 2. The summed E-state index contributed by atoms with van der Waals surface area (Å²) in [6, 6.07) is 9.01. The highest BCUT2D eigenvalue weighted by molar-refractivity contribution is 5.99. The van der Waals surface area contributed by atoms with Crippen molar-refractivity contribution >= 4 is 11.6 Å². The molecule has 0 aliphatic rings. The first kappa shape index (κ1) is 20.9. The monoisotopic (exact) mass is 396 g/mol. The van der Waals surface area contributed by atoms with Crippen molar-refractivity contribution in [2.75, 3.05) is 20.3 Å². The molecule has 0 saturated heterocycles. The van der Waals surface area contributed by atoms with E-state index >= 15 is 0 Å². The van der Waals surface area contributed by atoms with Gasteiger partial charge in [-0.3, -0.25) is 14.9 Å². The van der Waals surface area contributed by atoms with Crippen molar-refractivity contribution in [3.05, 3.63) is 57.6 Å². The highest BCUT2D eigenvalue weighted by Gasteiger charge is 2.25. The number of rotatable bonds is 9. The highest BCUT2D eigenvalue weighted by atomic mass is 19.3. The number of carbonyl (C=O) groups is 1. The van der Waals surface area contributed by atoms with Crippen LogP contribution in [0.2, 0.25) is 0 Å². The van der Waals surface area contributed by atoms with Gasteiger partial charge in [0.15, 0.2) is 11.5 Å². The molecule has 2 rings (SSSR count). The zero-order chi connectivity index (χ0) is 20.7. The van der Waals surface area contributed by atoms with E-state index in [4.69, 9.17) is 9.47 Å². The Bertz CT molecular complexity index is 860. The number of nitrogens with zero attached hydrogens (tertiary/aromatic N) is 1. The third-order valence-corrected chi connectivity index (χ3v) is 3.59. The zero-order valence-electron chi connectivity index (χ0n) is 15.1. The van der Waals surface area contributed by atoms with Crippen molar-refractivity contribution in [2.24, 2.45) is 0 Å². The summed E-state index contributed by atoms with van der Waals surface area (Å²) < 4.78 is 39.5. The number of hydrogen-bond donors (Lipinski definition) is 1. The average Bonchev–Trinajstić information content (AvgIpc) is 2.64. The second-order valence-corrected chi connectivity index (χ2v) is 5.58. The van der Waals surface area contributed by atoms with Crippen LogP contribution in [0.1, 0.15) is 15.9 Å². The summed E-state index contributed by atoms with van der Waals surface area (Å²) in [5.41, 5.74) is -0.0251. The quantitative estimate of drug-likeness (QED) is 0.397. The summed E-state index contributed by atoms with van der Waals surface area (Å²) in [4.78, 5) is 22.7. The average molecular weight is 396 g/mol. The number of aryl methyl sites for hydroxylation is 1. The van der Waals surface area contributed by atoms with Crippen LogP contribution in [0.15, 0.2) is 36.4 Å². The smallest absolute Gasteiger partial charge is 0.387 e. The molecule has 1 N–H and O–H groups in total. The standard InChI is InChI=1S/C18H18F2N2O6/c1-11-4-3-5-12(8-11)27-7-6-21-17(23)13-9-15(26-2)16(28-18(19)20)10-14(13)22(24)25/h3-5,8-10,18H,6-7H2,1-2H3,(H,21,23). The number of hydrogen-bond acceptors (Lipinski definition) is 6. The molecule has 10 heteroatoms. The van der Waals surface area contributed by atoms with E-state index in [2.05, 4.69) is 10.1 Å². The van der Waals surface area contributed by atoms with Gasteiger partial charge in [0.25, 0.3) is 11.6 Å². The second-order valence-electron chi connectivity index (χ2n) is 5.58. The molecule has 0 saturated carbocycles. The Morgan fingerprint density at radius 3 is 2.61 bits per heavy atom. The topological polar surface area (TPSA) is 99.9 Å². The van der Waals surface area contributed by atoms with Gasteiger partial charge in [-0.05, 0) is 24.6 Å². The van der Waals surface area contributed by atoms with Crippen LogP contribution in [-0.2, 0) is 0 Å². The minimum Gasteiger partial charge on any atom is -0.493 e. The van der Waals surface area contributed by atoms with E-state index in [1.807, 2.05) is 25.1 Å². The van der Waals surface area contributed by atoms with E-state index in [-0.39, 0.29) is 24.5 Å². The molecule has 2 aromatic rings. The van der Waals surface area contributed by atoms with Crippen LogP contribution in [0.25, 0.3) is 0 Å². The van der Waals surface area contributed by atoms with E-state index in [9.17, 15) is 23.7 Å². The minimum absolute atomic E-state index is 0.0710. The van der Waals surface area contributed by atoms with E-state index in [0.717, 1.165) is 24.8 Å². The van der Waals surface area contributed by atoms with Gasteiger partial charge in [-0.1, -0.05) is 12.1 Å². The SMILES string of the molecule is COc1cc(C(=O)NCCOc2cccc(C)c2)c([N+](=O)[O-])cc1OC(F)F. The molecule has 0 radical (unpaired) electrons. The van der Waals surface area contributed by atoms with Gasteiger partial charge in [-0.2, -0.15) is 8.78 Å². The summed E-state index contributed by atoms with van der Waals surface area (Å²) in [6.45, 7) is -1.09. The molecule has 2 aromatic carbocycles. The number of nitro groups is 1. The molecule has 8 nitrogen and oxygen atoms in total. The number of benzene rings is 2. The summed E-state index contributed by atoms with van der Waals surface area (Å²) in [6.07, 6.45) is 0. The first-order valence-corrected chi connectivity index (χ1v) is 8.10. The predicted molar refractivity (Wildman–Crippen MR) is 95.3 cm³/mol. The molecule has 0 fully saturated rings. The van der Waals surface area contributed by atoms with Crippen LogP contribution < -0.4 is 19.5 Å². The number of amides is 1. The largest absolute Gasteiger partial charge is 0.493 e. The fourth-order valence-corrected chi connectivity index (χ4v) is 2.36. The molecule has 0 atom stereocenters. The van der Waals surface area contributed by atoms with Crippen molar-refractivity contribution in [1.82, 2.24) is 5.32 Å². The fourth-order valence-electron chi connectivity index (χ4n) is 2.36. The van der Waals surface area contributed by atoms with Crippen molar-refractivity contribution in [2.45, 2.75) is 13.5 Å². The van der Waals surface area contributed by atoms with E-state index < -0.39 is 28.9 Å². The third-order valence-electron chi connectivity index (χ3n) is 3.59. The molecule has 150 valence electrons. The maximum absolute atomic E-state index is 12.5. The Morgan fingerprint density at radius 1 is 1.25 bits per heavy atom. The number of carbonyl (C=O) groups excluding carboxylic acids is 1. The second kappa shape index (κ2) is 9.49. The predicted octanol–water partition coefficient (Wildman–Crippen LogP) is 3.32. The Labute approximate surface area is 159 Å². The lowest BCUT2D eigenvalue weighted by Gasteiger charge is -2.12. The Kier molecular flexibility index (Phi) is 7.08. The lowest BCUT2D eigenvalue weighted by molar-refractivity contribution is -0.385. The lowest BCUT2D eigenvalue weighted by Crippen LogP contribution is -2.28. The first-order valence-electron chi connectivity index (χ1n) is 8.10. The van der Waals surface area contributed by atoms with Gasteiger partial charge in [0.1, 0.15) is 17.9 Å². The molecular formula is C18H18F2N2O6. The van der Waals surface area contributed by atoms with Crippen LogP contribution in [0, 0.1) is 17.0 Å². The molecular weight excluding hydrogens is 378 g/mol. The van der Waals surface area contributed by atoms with E-state index in [1.54, 1.807) is 6.07 Å². The molecule has 0 aliphatic heterocycles.